The van der Waals surface area contributed by atoms with Gasteiger partial charge in [-0.05, 0) is 37.8 Å². The average molecular weight is 379 g/mol. The molecule has 5 nitrogen and oxygen atoms in total. The highest BCUT2D eigenvalue weighted by atomic mass is 35.5. The first-order valence-electron chi connectivity index (χ1n) is 8.23. The Kier molecular flexibility index (Phi) is 13.9. The van der Waals surface area contributed by atoms with Gasteiger partial charge in [0.2, 0.25) is 0 Å². The highest BCUT2D eigenvalue weighted by molar-refractivity contribution is 5.94. The summed E-state index contributed by atoms with van der Waals surface area (Å²) in [4.78, 5) is 18.9. The lowest BCUT2D eigenvalue weighted by Crippen LogP contribution is -2.41. The number of nitrogens with one attached hydrogen (secondary N) is 1. The SMILES string of the molecule is CCCN(CC)c1ccc(C(=O)NC(CN)CC(C)C)cn1.Cl.Cl. The van der Waals surface area contributed by atoms with Crippen molar-refractivity contribution >= 4 is 36.5 Å². The van der Waals surface area contributed by atoms with Crippen molar-refractivity contribution in [3.8, 4) is 0 Å². The minimum Gasteiger partial charge on any atom is -0.357 e. The highest BCUT2D eigenvalue weighted by Gasteiger charge is 2.14. The van der Waals surface area contributed by atoms with Crippen LogP contribution in [-0.2, 0) is 0 Å². The molecule has 0 aromatic carbocycles. The smallest absolute Gasteiger partial charge is 0.253 e. The van der Waals surface area contributed by atoms with E-state index in [2.05, 4.69) is 42.9 Å². The molecule has 1 aromatic heterocycles. The second-order valence-corrected chi connectivity index (χ2v) is 6.02. The Morgan fingerprint density at radius 1 is 1.29 bits per heavy atom. The standard InChI is InChI=1S/C17H30N4O.2ClH/c1-5-9-21(6-2)16-8-7-14(12-19-16)17(22)20-15(11-18)10-13(3)4;;/h7-8,12-13,15H,5-6,9-11,18H2,1-4H3,(H,20,22);2*1H. The number of amides is 1. The van der Waals surface area contributed by atoms with Crippen LogP contribution < -0.4 is 16.0 Å². The van der Waals surface area contributed by atoms with Gasteiger partial charge >= 0.3 is 0 Å². The van der Waals surface area contributed by atoms with Gasteiger partial charge in [-0.25, -0.2) is 4.98 Å². The number of rotatable bonds is 9. The number of halogens is 2. The van der Waals surface area contributed by atoms with Crippen LogP contribution in [0.4, 0.5) is 5.82 Å². The number of nitrogens with two attached hydrogens (primary N) is 1. The molecule has 1 unspecified atom stereocenters. The van der Waals surface area contributed by atoms with Gasteiger partial charge < -0.3 is 16.0 Å². The van der Waals surface area contributed by atoms with E-state index in [9.17, 15) is 4.79 Å². The van der Waals surface area contributed by atoms with Crippen molar-refractivity contribution < 1.29 is 4.79 Å². The molecule has 7 heteroatoms. The molecular formula is C17H32Cl2N4O. The molecule has 0 aliphatic rings. The van der Waals surface area contributed by atoms with E-state index in [-0.39, 0.29) is 36.8 Å². The molecule has 0 bridgehead atoms. The first-order chi connectivity index (χ1) is 10.5. The molecule has 1 rings (SSSR count). The fourth-order valence-corrected chi connectivity index (χ4v) is 2.46. The lowest BCUT2D eigenvalue weighted by molar-refractivity contribution is 0.0933. The van der Waals surface area contributed by atoms with E-state index in [1.54, 1.807) is 6.20 Å². The molecule has 0 saturated heterocycles. The van der Waals surface area contributed by atoms with Gasteiger partial charge in [0.25, 0.3) is 5.91 Å². The molecule has 1 atom stereocenters. The topological polar surface area (TPSA) is 71.2 Å². The second kappa shape index (κ2) is 13.3. The van der Waals surface area contributed by atoms with E-state index >= 15 is 0 Å². The summed E-state index contributed by atoms with van der Waals surface area (Å²) in [7, 11) is 0. The van der Waals surface area contributed by atoms with Crippen LogP contribution >= 0.6 is 24.8 Å². The van der Waals surface area contributed by atoms with E-state index in [0.29, 0.717) is 18.0 Å². The monoisotopic (exact) mass is 378 g/mol. The normalized spacial score (nSPS) is 11.2. The largest absolute Gasteiger partial charge is 0.357 e. The van der Waals surface area contributed by atoms with E-state index in [0.717, 1.165) is 31.7 Å². The first kappa shape index (κ1) is 25.2. The quantitative estimate of drug-likeness (QED) is 0.691. The van der Waals surface area contributed by atoms with Gasteiger partial charge in [-0.1, -0.05) is 20.8 Å². The molecule has 1 aromatic rings. The maximum Gasteiger partial charge on any atom is 0.253 e. The Balaban J connectivity index is 0. The first-order valence-corrected chi connectivity index (χ1v) is 8.23. The lowest BCUT2D eigenvalue weighted by atomic mass is 10.0. The zero-order valence-corrected chi connectivity index (χ0v) is 16.8. The number of carbonyl (C=O) groups excluding carboxylic acids is 1. The van der Waals surface area contributed by atoms with Gasteiger partial charge in [-0.3, -0.25) is 4.79 Å². The summed E-state index contributed by atoms with van der Waals surface area (Å²) in [5, 5.41) is 2.98. The van der Waals surface area contributed by atoms with Crippen LogP contribution in [0.15, 0.2) is 18.3 Å². The Morgan fingerprint density at radius 2 is 1.96 bits per heavy atom. The van der Waals surface area contributed by atoms with E-state index < -0.39 is 0 Å². The number of anilines is 1. The van der Waals surface area contributed by atoms with Crippen LogP contribution in [0.2, 0.25) is 0 Å². The highest BCUT2D eigenvalue weighted by Crippen LogP contribution is 2.12. The van der Waals surface area contributed by atoms with Gasteiger partial charge in [0.15, 0.2) is 0 Å². The number of hydrogen-bond donors (Lipinski definition) is 2. The van der Waals surface area contributed by atoms with E-state index in [4.69, 9.17) is 5.73 Å². The lowest BCUT2D eigenvalue weighted by Gasteiger charge is -2.21. The summed E-state index contributed by atoms with van der Waals surface area (Å²) in [5.74, 6) is 1.31. The molecule has 1 amide bonds. The number of aromatic nitrogens is 1. The van der Waals surface area contributed by atoms with Gasteiger partial charge in [0.05, 0.1) is 5.56 Å². The van der Waals surface area contributed by atoms with Gasteiger partial charge in [0, 0.05) is 31.9 Å². The van der Waals surface area contributed by atoms with Crippen molar-refractivity contribution in [1.29, 1.82) is 0 Å². The Morgan fingerprint density at radius 3 is 2.38 bits per heavy atom. The summed E-state index contributed by atoms with van der Waals surface area (Å²) >= 11 is 0. The molecule has 140 valence electrons. The Bertz CT molecular complexity index is 454. The zero-order valence-electron chi connectivity index (χ0n) is 15.1. The predicted molar refractivity (Wildman–Crippen MR) is 107 cm³/mol. The summed E-state index contributed by atoms with van der Waals surface area (Å²) in [6.07, 6.45) is 3.60. The van der Waals surface area contributed by atoms with Crippen LogP contribution in [-0.4, -0.2) is 36.6 Å². The molecule has 0 aliphatic carbocycles. The van der Waals surface area contributed by atoms with Crippen molar-refractivity contribution in [2.75, 3.05) is 24.5 Å². The zero-order chi connectivity index (χ0) is 16.5. The van der Waals surface area contributed by atoms with Gasteiger partial charge in [-0.15, -0.1) is 24.8 Å². The van der Waals surface area contributed by atoms with E-state index in [1.165, 1.54) is 0 Å². The summed E-state index contributed by atoms with van der Waals surface area (Å²) in [5.41, 5.74) is 6.31. The molecule has 3 N–H and O–H groups in total. The fourth-order valence-electron chi connectivity index (χ4n) is 2.46. The summed E-state index contributed by atoms with van der Waals surface area (Å²) in [6, 6.07) is 3.76. The van der Waals surface area contributed by atoms with Crippen molar-refractivity contribution in [3.05, 3.63) is 23.9 Å². The predicted octanol–water partition coefficient (Wildman–Crippen LogP) is 3.26. The molecule has 24 heavy (non-hydrogen) atoms. The third-order valence-electron chi connectivity index (χ3n) is 3.58. The minimum absolute atomic E-state index is 0. The molecule has 0 fully saturated rings. The van der Waals surface area contributed by atoms with Crippen molar-refractivity contribution in [2.24, 2.45) is 11.7 Å². The number of nitrogens with zero attached hydrogens (tertiary/aromatic N) is 2. The van der Waals surface area contributed by atoms with Crippen molar-refractivity contribution in [1.82, 2.24) is 10.3 Å². The summed E-state index contributed by atoms with van der Waals surface area (Å²) in [6.45, 7) is 10.8. The van der Waals surface area contributed by atoms with Gasteiger partial charge in [0.1, 0.15) is 5.82 Å². The number of pyridine rings is 1. The minimum atomic E-state index is -0.103. The van der Waals surface area contributed by atoms with Crippen LogP contribution in [0.3, 0.4) is 0 Å². The molecule has 0 aliphatic heterocycles. The van der Waals surface area contributed by atoms with E-state index in [1.807, 2.05) is 12.1 Å². The fraction of sp³-hybridized carbons (Fsp3) is 0.647. The maximum absolute atomic E-state index is 12.3. The van der Waals surface area contributed by atoms with Crippen molar-refractivity contribution in [3.63, 3.8) is 0 Å². The summed E-state index contributed by atoms with van der Waals surface area (Å²) < 4.78 is 0. The molecule has 1 heterocycles. The van der Waals surface area contributed by atoms with Gasteiger partial charge in [-0.2, -0.15) is 0 Å². The Labute approximate surface area is 158 Å². The van der Waals surface area contributed by atoms with Crippen LogP contribution in [0, 0.1) is 5.92 Å². The van der Waals surface area contributed by atoms with Crippen LogP contribution in [0.1, 0.15) is 50.9 Å². The number of carbonyl (C=O) groups is 1. The number of hydrogen-bond acceptors (Lipinski definition) is 4. The average Bonchev–Trinajstić information content (AvgIpc) is 2.51. The third-order valence-corrected chi connectivity index (χ3v) is 3.58. The molecule has 0 spiro atoms. The van der Waals surface area contributed by atoms with Crippen LogP contribution in [0.5, 0.6) is 0 Å². The maximum atomic E-state index is 12.3. The van der Waals surface area contributed by atoms with Crippen molar-refractivity contribution in [2.45, 2.75) is 46.6 Å². The molecular weight excluding hydrogens is 347 g/mol. The molecule has 0 radical (unpaired) electrons. The Hall–Kier alpha value is -1.04. The van der Waals surface area contributed by atoms with Crippen LogP contribution in [0.25, 0.3) is 0 Å². The molecule has 0 saturated carbocycles. The third kappa shape index (κ3) is 8.18. The second-order valence-electron chi connectivity index (χ2n) is 6.02.